The Bertz CT molecular complexity index is 1430. The molecule has 2 heterocycles. The van der Waals surface area contributed by atoms with Crippen LogP contribution in [0.5, 0.6) is 5.75 Å². The standard InChI is InChI=1S/C16H13F2N3O.C9H7ClN2/c1-10-19-14-5-3-2-4-13(14)15(20-10)21-11-6-8-12(9-7-11)22-16(17)18;1-6-11-8-5-3-2-4-7(8)9(10)12-6/h2-9,16H,1H3,(H,19,20,21);2-5H,1H3. The Hall–Kier alpha value is -3.91. The van der Waals surface area contributed by atoms with Gasteiger partial charge in [-0.25, -0.2) is 19.9 Å². The normalized spacial score (nSPS) is 10.8. The highest BCUT2D eigenvalue weighted by molar-refractivity contribution is 6.34. The minimum Gasteiger partial charge on any atom is -0.435 e. The summed E-state index contributed by atoms with van der Waals surface area (Å²) in [5.74, 6) is 2.15. The van der Waals surface area contributed by atoms with E-state index in [0.29, 0.717) is 22.6 Å². The number of benzene rings is 3. The maximum Gasteiger partial charge on any atom is 0.387 e. The van der Waals surface area contributed by atoms with Crippen molar-refractivity contribution >= 4 is 44.9 Å². The van der Waals surface area contributed by atoms with Crippen LogP contribution < -0.4 is 10.1 Å². The van der Waals surface area contributed by atoms with Gasteiger partial charge in [-0.3, -0.25) is 0 Å². The van der Waals surface area contributed by atoms with Gasteiger partial charge in [-0.1, -0.05) is 35.9 Å². The fourth-order valence-electron chi connectivity index (χ4n) is 3.29. The van der Waals surface area contributed by atoms with Gasteiger partial charge >= 0.3 is 6.61 Å². The molecule has 2 aromatic heterocycles. The Balaban J connectivity index is 0.000000192. The van der Waals surface area contributed by atoms with E-state index in [0.717, 1.165) is 27.5 Å². The molecule has 6 nitrogen and oxygen atoms in total. The highest BCUT2D eigenvalue weighted by Crippen LogP contribution is 2.25. The summed E-state index contributed by atoms with van der Waals surface area (Å²) < 4.78 is 28.6. The molecule has 34 heavy (non-hydrogen) atoms. The number of nitrogens with zero attached hydrogens (tertiary/aromatic N) is 4. The maximum absolute atomic E-state index is 12.1. The lowest BCUT2D eigenvalue weighted by molar-refractivity contribution is -0.0498. The molecule has 1 N–H and O–H groups in total. The number of para-hydroxylation sites is 2. The van der Waals surface area contributed by atoms with Crippen molar-refractivity contribution in [1.29, 1.82) is 0 Å². The summed E-state index contributed by atoms with van der Waals surface area (Å²) in [6, 6.07) is 21.6. The highest BCUT2D eigenvalue weighted by atomic mass is 35.5. The summed E-state index contributed by atoms with van der Waals surface area (Å²) in [6.07, 6.45) is 0. The van der Waals surface area contributed by atoms with Crippen molar-refractivity contribution in [3.05, 3.63) is 89.6 Å². The molecule has 9 heteroatoms. The number of hydrogen-bond donors (Lipinski definition) is 1. The van der Waals surface area contributed by atoms with E-state index < -0.39 is 6.61 Å². The first kappa shape index (κ1) is 23.3. The van der Waals surface area contributed by atoms with E-state index in [1.54, 1.807) is 12.1 Å². The first-order valence-corrected chi connectivity index (χ1v) is 10.7. The summed E-state index contributed by atoms with van der Waals surface area (Å²) in [5, 5.41) is 5.50. The fraction of sp³-hybridized carbons (Fsp3) is 0.120. The van der Waals surface area contributed by atoms with E-state index in [2.05, 4.69) is 30.0 Å². The van der Waals surface area contributed by atoms with Crippen molar-refractivity contribution in [3.8, 4) is 5.75 Å². The Kier molecular flexibility index (Phi) is 7.08. The lowest BCUT2D eigenvalue weighted by atomic mass is 10.2. The first-order valence-electron chi connectivity index (χ1n) is 10.3. The molecule has 0 bridgehead atoms. The summed E-state index contributed by atoms with van der Waals surface area (Å²) >= 11 is 5.91. The lowest BCUT2D eigenvalue weighted by Crippen LogP contribution is -2.02. The molecule has 0 unspecified atom stereocenters. The second-order valence-electron chi connectivity index (χ2n) is 7.24. The molecule has 0 amide bonds. The first-order chi connectivity index (χ1) is 16.4. The third-order valence-electron chi connectivity index (χ3n) is 4.73. The summed E-state index contributed by atoms with van der Waals surface area (Å²) in [5.41, 5.74) is 2.47. The van der Waals surface area contributed by atoms with Crippen LogP contribution in [0.1, 0.15) is 11.6 Å². The number of hydrogen-bond acceptors (Lipinski definition) is 6. The van der Waals surface area contributed by atoms with E-state index in [4.69, 9.17) is 11.6 Å². The van der Waals surface area contributed by atoms with Crippen LogP contribution in [0.4, 0.5) is 20.3 Å². The third kappa shape index (κ3) is 5.71. The van der Waals surface area contributed by atoms with Crippen LogP contribution in [0.2, 0.25) is 5.15 Å². The van der Waals surface area contributed by atoms with Crippen molar-refractivity contribution in [2.75, 3.05) is 5.32 Å². The van der Waals surface area contributed by atoms with Crippen LogP contribution in [0.25, 0.3) is 21.8 Å². The zero-order chi connectivity index (χ0) is 24.1. The largest absolute Gasteiger partial charge is 0.435 e. The number of nitrogens with one attached hydrogen (secondary N) is 1. The maximum atomic E-state index is 12.1. The summed E-state index contributed by atoms with van der Waals surface area (Å²) in [4.78, 5) is 17.1. The number of ether oxygens (including phenoxy) is 1. The lowest BCUT2D eigenvalue weighted by Gasteiger charge is -2.10. The Morgan fingerprint density at radius 2 is 1.29 bits per heavy atom. The topological polar surface area (TPSA) is 72.8 Å². The molecular formula is C25H20ClF2N5O. The van der Waals surface area contributed by atoms with Gasteiger partial charge in [0.2, 0.25) is 0 Å². The zero-order valence-corrected chi connectivity index (χ0v) is 19.1. The number of aryl methyl sites for hydroxylation is 2. The average Bonchev–Trinajstić information content (AvgIpc) is 2.80. The summed E-state index contributed by atoms with van der Waals surface area (Å²) in [6.45, 7) is 0.822. The number of fused-ring (bicyclic) bond motifs is 2. The molecular weight excluding hydrogens is 460 g/mol. The minimum atomic E-state index is -2.83. The summed E-state index contributed by atoms with van der Waals surface area (Å²) in [7, 11) is 0. The molecule has 172 valence electrons. The highest BCUT2D eigenvalue weighted by Gasteiger charge is 2.07. The van der Waals surface area contributed by atoms with Crippen LogP contribution in [0.15, 0.2) is 72.8 Å². The zero-order valence-electron chi connectivity index (χ0n) is 18.3. The Morgan fingerprint density at radius 1 is 0.735 bits per heavy atom. The number of alkyl halides is 2. The minimum absolute atomic E-state index is 0.115. The second kappa shape index (κ2) is 10.4. The van der Waals surface area contributed by atoms with Crippen molar-refractivity contribution < 1.29 is 13.5 Å². The van der Waals surface area contributed by atoms with Crippen molar-refractivity contribution in [1.82, 2.24) is 19.9 Å². The van der Waals surface area contributed by atoms with E-state index >= 15 is 0 Å². The molecule has 5 rings (SSSR count). The van der Waals surface area contributed by atoms with Gasteiger partial charge in [-0.2, -0.15) is 8.78 Å². The number of halogens is 3. The third-order valence-corrected chi connectivity index (χ3v) is 5.01. The van der Waals surface area contributed by atoms with Gasteiger partial charge in [0, 0.05) is 16.5 Å². The van der Waals surface area contributed by atoms with Crippen LogP contribution in [-0.2, 0) is 0 Å². The van der Waals surface area contributed by atoms with Crippen molar-refractivity contribution in [3.63, 3.8) is 0 Å². The van der Waals surface area contributed by atoms with Crippen LogP contribution in [0, 0.1) is 13.8 Å². The van der Waals surface area contributed by atoms with Crippen molar-refractivity contribution in [2.45, 2.75) is 20.5 Å². The molecule has 0 atom stereocenters. The molecule has 0 aliphatic rings. The van der Waals surface area contributed by atoms with Gasteiger partial charge in [0.05, 0.1) is 11.0 Å². The molecule has 0 spiro atoms. The van der Waals surface area contributed by atoms with E-state index in [-0.39, 0.29) is 5.75 Å². The number of rotatable bonds is 4. The fourth-order valence-corrected chi connectivity index (χ4v) is 3.57. The Morgan fingerprint density at radius 3 is 1.94 bits per heavy atom. The van der Waals surface area contributed by atoms with Crippen molar-refractivity contribution in [2.24, 2.45) is 0 Å². The predicted molar refractivity (Wildman–Crippen MR) is 130 cm³/mol. The van der Waals surface area contributed by atoms with E-state index in [1.165, 1.54) is 12.1 Å². The van der Waals surface area contributed by atoms with Gasteiger partial charge in [0.1, 0.15) is 28.4 Å². The van der Waals surface area contributed by atoms with E-state index in [9.17, 15) is 8.78 Å². The van der Waals surface area contributed by atoms with Gasteiger partial charge < -0.3 is 10.1 Å². The molecule has 0 aliphatic carbocycles. The second-order valence-corrected chi connectivity index (χ2v) is 7.60. The van der Waals surface area contributed by atoms with Crippen LogP contribution >= 0.6 is 11.6 Å². The van der Waals surface area contributed by atoms with Gasteiger partial charge in [-0.15, -0.1) is 0 Å². The molecule has 0 saturated carbocycles. The molecule has 0 saturated heterocycles. The average molecular weight is 480 g/mol. The van der Waals surface area contributed by atoms with E-state index in [1.807, 2.05) is 62.4 Å². The molecule has 0 fully saturated rings. The molecule has 0 radical (unpaired) electrons. The number of aromatic nitrogens is 4. The quantitative estimate of drug-likeness (QED) is 0.283. The van der Waals surface area contributed by atoms with Gasteiger partial charge in [0.15, 0.2) is 0 Å². The monoisotopic (exact) mass is 479 g/mol. The van der Waals surface area contributed by atoms with Crippen LogP contribution in [-0.4, -0.2) is 26.5 Å². The molecule has 3 aromatic carbocycles. The SMILES string of the molecule is Cc1nc(Cl)c2ccccc2n1.Cc1nc(Nc2ccc(OC(F)F)cc2)c2ccccc2n1. The van der Waals surface area contributed by atoms with Gasteiger partial charge in [0.25, 0.3) is 0 Å². The molecule has 5 aromatic rings. The Labute approximate surface area is 199 Å². The van der Waals surface area contributed by atoms with Gasteiger partial charge in [-0.05, 0) is 62.4 Å². The van der Waals surface area contributed by atoms with Crippen LogP contribution in [0.3, 0.4) is 0 Å². The molecule has 0 aliphatic heterocycles. The predicted octanol–water partition coefficient (Wildman–Crippen LogP) is 6.87. The number of anilines is 2. The smallest absolute Gasteiger partial charge is 0.387 e.